The van der Waals surface area contributed by atoms with Crippen LogP contribution in [0.2, 0.25) is 0 Å². The van der Waals surface area contributed by atoms with Gasteiger partial charge in [-0.15, -0.1) is 0 Å². The number of aromatic nitrogens is 1. The molecule has 3 N–H and O–H groups in total. The first-order chi connectivity index (χ1) is 9.00. The topological polar surface area (TPSA) is 79.5 Å². The van der Waals surface area contributed by atoms with Crippen molar-refractivity contribution in [2.45, 2.75) is 38.6 Å². The molecule has 1 saturated carbocycles. The number of carbonyl (C=O) groups is 1. The molecule has 0 aliphatic heterocycles. The highest BCUT2D eigenvalue weighted by atomic mass is 16.4. The first-order valence-electron chi connectivity index (χ1n) is 6.72. The van der Waals surface area contributed by atoms with Crippen LogP contribution in [0.25, 0.3) is 0 Å². The largest absolute Gasteiger partial charge is 0.478 e. The molecule has 1 aromatic rings. The van der Waals surface area contributed by atoms with E-state index in [0.29, 0.717) is 23.5 Å². The number of anilines is 2. The molecule has 5 nitrogen and oxygen atoms in total. The summed E-state index contributed by atoms with van der Waals surface area (Å²) in [5, 5.41) is 8.92. The van der Waals surface area contributed by atoms with E-state index in [4.69, 9.17) is 10.8 Å². The summed E-state index contributed by atoms with van der Waals surface area (Å²) in [6.07, 6.45) is 6.25. The smallest absolute Gasteiger partial charge is 0.337 e. The third-order valence-electron chi connectivity index (χ3n) is 4.04. The molecule has 0 amide bonds. The highest BCUT2D eigenvalue weighted by molar-refractivity contribution is 5.89. The molecule has 2 unspecified atom stereocenters. The molecule has 0 spiro atoms. The number of hydrogen-bond acceptors (Lipinski definition) is 4. The Balaban J connectivity index is 2.23. The summed E-state index contributed by atoms with van der Waals surface area (Å²) in [7, 11) is 1.99. The van der Waals surface area contributed by atoms with E-state index < -0.39 is 5.97 Å². The number of nitrogens with two attached hydrogens (primary N) is 1. The van der Waals surface area contributed by atoms with Crippen molar-refractivity contribution < 1.29 is 9.90 Å². The predicted octanol–water partition coefficient (Wildman–Crippen LogP) is 2.38. The standard InChI is InChI=1S/C14H21N3O2/c1-9-5-3-4-6-12(9)17(2)13-11(15)7-10(8-16-13)14(18)19/h7-9,12H,3-6,15H2,1-2H3,(H,18,19). The third-order valence-corrected chi connectivity index (χ3v) is 4.04. The van der Waals surface area contributed by atoms with Crippen LogP contribution in [0.4, 0.5) is 11.5 Å². The zero-order valence-electron chi connectivity index (χ0n) is 11.5. The molecule has 5 heteroatoms. The summed E-state index contributed by atoms with van der Waals surface area (Å²) in [5.41, 5.74) is 6.51. The lowest BCUT2D eigenvalue weighted by atomic mass is 9.85. The Morgan fingerprint density at radius 1 is 1.47 bits per heavy atom. The summed E-state index contributed by atoms with van der Waals surface area (Å²) in [6, 6.07) is 1.91. The lowest BCUT2D eigenvalue weighted by Crippen LogP contribution is -2.39. The van der Waals surface area contributed by atoms with Gasteiger partial charge in [0.25, 0.3) is 0 Å². The van der Waals surface area contributed by atoms with E-state index in [1.54, 1.807) is 0 Å². The Morgan fingerprint density at radius 3 is 2.74 bits per heavy atom. The number of hydrogen-bond donors (Lipinski definition) is 2. The molecule has 0 saturated heterocycles. The first-order valence-corrected chi connectivity index (χ1v) is 6.72. The van der Waals surface area contributed by atoms with Gasteiger partial charge in [-0.2, -0.15) is 0 Å². The molecule has 2 rings (SSSR count). The second-order valence-corrected chi connectivity index (χ2v) is 5.38. The summed E-state index contributed by atoms with van der Waals surface area (Å²) < 4.78 is 0. The SMILES string of the molecule is CC1CCCCC1N(C)c1ncc(C(=O)O)cc1N. The van der Waals surface area contributed by atoms with Crippen molar-refractivity contribution in [1.29, 1.82) is 0 Å². The Hall–Kier alpha value is -1.78. The summed E-state index contributed by atoms with van der Waals surface area (Å²) in [6.45, 7) is 2.25. The van der Waals surface area contributed by atoms with Crippen LogP contribution in [-0.2, 0) is 0 Å². The maximum atomic E-state index is 10.9. The Bertz CT molecular complexity index is 476. The van der Waals surface area contributed by atoms with E-state index in [2.05, 4.69) is 16.8 Å². The minimum absolute atomic E-state index is 0.131. The van der Waals surface area contributed by atoms with E-state index >= 15 is 0 Å². The van der Waals surface area contributed by atoms with Crippen molar-refractivity contribution >= 4 is 17.5 Å². The molecule has 19 heavy (non-hydrogen) atoms. The zero-order valence-corrected chi connectivity index (χ0v) is 11.5. The molecule has 0 radical (unpaired) electrons. The van der Waals surface area contributed by atoms with Crippen molar-refractivity contribution in [3.05, 3.63) is 17.8 Å². The van der Waals surface area contributed by atoms with Gasteiger partial charge < -0.3 is 15.7 Å². The van der Waals surface area contributed by atoms with Crippen molar-refractivity contribution in [2.24, 2.45) is 5.92 Å². The minimum atomic E-state index is -1.00. The fraction of sp³-hybridized carbons (Fsp3) is 0.571. The molecule has 1 fully saturated rings. The fourth-order valence-electron chi connectivity index (χ4n) is 2.92. The Labute approximate surface area is 113 Å². The maximum Gasteiger partial charge on any atom is 0.337 e. The van der Waals surface area contributed by atoms with Gasteiger partial charge in [-0.1, -0.05) is 19.8 Å². The van der Waals surface area contributed by atoms with Crippen LogP contribution >= 0.6 is 0 Å². The average molecular weight is 263 g/mol. The number of nitrogen functional groups attached to an aromatic ring is 1. The molecular weight excluding hydrogens is 242 g/mol. The number of carboxylic acid groups (broad SMARTS) is 1. The summed E-state index contributed by atoms with van der Waals surface area (Å²) in [5.74, 6) is 0.294. The van der Waals surface area contributed by atoms with Crippen molar-refractivity contribution in [2.75, 3.05) is 17.7 Å². The van der Waals surface area contributed by atoms with Gasteiger partial charge in [0, 0.05) is 19.3 Å². The van der Waals surface area contributed by atoms with Gasteiger partial charge in [0.05, 0.1) is 11.3 Å². The molecule has 1 aromatic heterocycles. The second kappa shape index (κ2) is 5.47. The fourth-order valence-corrected chi connectivity index (χ4v) is 2.92. The van der Waals surface area contributed by atoms with E-state index in [0.717, 1.165) is 6.42 Å². The van der Waals surface area contributed by atoms with E-state index in [9.17, 15) is 4.79 Å². The van der Waals surface area contributed by atoms with Crippen LogP contribution in [0, 0.1) is 5.92 Å². The number of nitrogens with zero attached hydrogens (tertiary/aromatic N) is 2. The Morgan fingerprint density at radius 2 is 2.16 bits per heavy atom. The molecule has 104 valence electrons. The normalized spacial score (nSPS) is 23.1. The van der Waals surface area contributed by atoms with Gasteiger partial charge in [-0.3, -0.25) is 0 Å². The van der Waals surface area contributed by atoms with Crippen LogP contribution in [0.3, 0.4) is 0 Å². The molecule has 1 aliphatic carbocycles. The zero-order chi connectivity index (χ0) is 14.0. The molecule has 2 atom stereocenters. The maximum absolute atomic E-state index is 10.9. The summed E-state index contributed by atoms with van der Waals surface area (Å²) in [4.78, 5) is 17.2. The van der Waals surface area contributed by atoms with Gasteiger partial charge in [0.2, 0.25) is 0 Å². The molecule has 1 aliphatic rings. The summed E-state index contributed by atoms with van der Waals surface area (Å²) >= 11 is 0. The number of aromatic carboxylic acids is 1. The van der Waals surface area contributed by atoms with Gasteiger partial charge in [-0.05, 0) is 24.8 Å². The van der Waals surface area contributed by atoms with Gasteiger partial charge in [-0.25, -0.2) is 9.78 Å². The van der Waals surface area contributed by atoms with Crippen molar-refractivity contribution in [3.8, 4) is 0 Å². The van der Waals surface area contributed by atoms with Crippen LogP contribution in [0.15, 0.2) is 12.3 Å². The van der Waals surface area contributed by atoms with Crippen molar-refractivity contribution in [3.63, 3.8) is 0 Å². The average Bonchev–Trinajstić information content (AvgIpc) is 2.38. The first kappa shape index (κ1) is 13.6. The number of pyridine rings is 1. The quantitative estimate of drug-likeness (QED) is 0.875. The highest BCUT2D eigenvalue weighted by Gasteiger charge is 2.26. The van der Waals surface area contributed by atoms with E-state index in [1.807, 2.05) is 7.05 Å². The van der Waals surface area contributed by atoms with Crippen molar-refractivity contribution in [1.82, 2.24) is 4.98 Å². The predicted molar refractivity (Wildman–Crippen MR) is 75.4 cm³/mol. The Kier molecular flexibility index (Phi) is 3.93. The van der Waals surface area contributed by atoms with Crippen LogP contribution in [0.5, 0.6) is 0 Å². The van der Waals surface area contributed by atoms with Crippen LogP contribution < -0.4 is 10.6 Å². The molecule has 0 bridgehead atoms. The van der Waals surface area contributed by atoms with Gasteiger partial charge in [0.1, 0.15) is 0 Å². The minimum Gasteiger partial charge on any atom is -0.478 e. The molecule has 1 heterocycles. The lowest BCUT2D eigenvalue weighted by Gasteiger charge is -2.37. The van der Waals surface area contributed by atoms with E-state index in [1.165, 1.54) is 31.5 Å². The number of carboxylic acids is 1. The van der Waals surface area contributed by atoms with Gasteiger partial charge >= 0.3 is 5.97 Å². The monoisotopic (exact) mass is 263 g/mol. The molecular formula is C14H21N3O2. The third kappa shape index (κ3) is 2.80. The van der Waals surface area contributed by atoms with Crippen LogP contribution in [0.1, 0.15) is 43.0 Å². The lowest BCUT2D eigenvalue weighted by molar-refractivity contribution is 0.0696. The highest BCUT2D eigenvalue weighted by Crippen LogP contribution is 2.31. The molecule has 0 aromatic carbocycles. The van der Waals surface area contributed by atoms with Gasteiger partial charge in [0.15, 0.2) is 5.82 Å². The van der Waals surface area contributed by atoms with E-state index in [-0.39, 0.29) is 5.56 Å². The number of rotatable bonds is 3. The second-order valence-electron chi connectivity index (χ2n) is 5.38. The van der Waals surface area contributed by atoms with Crippen LogP contribution in [-0.4, -0.2) is 29.1 Å².